The Kier molecular flexibility index (Phi) is 5.12. The molecule has 146 valence electrons. The largest absolute Gasteiger partial charge is 0.357 e. The molecule has 7 heteroatoms. The molecule has 0 spiro atoms. The second-order valence-corrected chi connectivity index (χ2v) is 8.81. The van der Waals surface area contributed by atoms with E-state index in [1.54, 1.807) is 6.33 Å². The Morgan fingerprint density at radius 1 is 1.07 bits per heavy atom. The van der Waals surface area contributed by atoms with Gasteiger partial charge in [-0.2, -0.15) is 4.98 Å². The van der Waals surface area contributed by atoms with Gasteiger partial charge in [-0.3, -0.25) is 4.90 Å². The van der Waals surface area contributed by atoms with E-state index in [4.69, 9.17) is 4.52 Å². The Morgan fingerprint density at radius 3 is 2.48 bits per heavy atom. The zero-order valence-electron chi connectivity index (χ0n) is 16.7. The van der Waals surface area contributed by atoms with Crippen LogP contribution in [0.3, 0.4) is 0 Å². The number of rotatable bonds is 4. The maximum absolute atomic E-state index is 5.41. The van der Waals surface area contributed by atoms with Gasteiger partial charge in [0.2, 0.25) is 5.89 Å². The molecule has 0 saturated carbocycles. The van der Waals surface area contributed by atoms with E-state index in [0.29, 0.717) is 11.8 Å². The Labute approximate surface area is 161 Å². The standard InChI is InChI=1S/C20H30N6O/c1-20(2,3)19-23-17(24-27-19)13-25-10-6-15(7-11-25)16-12-18(22-14-21-16)26-8-4-5-9-26/h12,14-15H,4-11,13H2,1-3H3. The molecule has 0 aromatic carbocycles. The molecule has 2 fully saturated rings. The van der Waals surface area contributed by atoms with Gasteiger partial charge in [0, 0.05) is 36.2 Å². The zero-order valence-corrected chi connectivity index (χ0v) is 16.7. The fourth-order valence-corrected chi connectivity index (χ4v) is 3.91. The van der Waals surface area contributed by atoms with Crippen molar-refractivity contribution in [3.05, 3.63) is 29.8 Å². The van der Waals surface area contributed by atoms with Crippen LogP contribution >= 0.6 is 0 Å². The highest BCUT2D eigenvalue weighted by Crippen LogP contribution is 2.29. The van der Waals surface area contributed by atoms with Gasteiger partial charge in [-0.25, -0.2) is 9.97 Å². The molecular formula is C20H30N6O. The minimum Gasteiger partial charge on any atom is -0.357 e. The Morgan fingerprint density at radius 2 is 1.81 bits per heavy atom. The van der Waals surface area contributed by atoms with E-state index in [1.165, 1.54) is 18.5 Å². The summed E-state index contributed by atoms with van der Waals surface area (Å²) in [4.78, 5) is 18.4. The third kappa shape index (κ3) is 4.29. The molecule has 27 heavy (non-hydrogen) atoms. The molecule has 2 aliphatic heterocycles. The molecular weight excluding hydrogens is 340 g/mol. The molecule has 0 bridgehead atoms. The van der Waals surface area contributed by atoms with E-state index in [-0.39, 0.29) is 5.41 Å². The number of hydrogen-bond donors (Lipinski definition) is 0. The van der Waals surface area contributed by atoms with Gasteiger partial charge in [0.1, 0.15) is 12.1 Å². The average molecular weight is 371 g/mol. The third-order valence-electron chi connectivity index (χ3n) is 5.58. The minimum absolute atomic E-state index is 0.0989. The first-order valence-electron chi connectivity index (χ1n) is 10.1. The van der Waals surface area contributed by atoms with Crippen LogP contribution in [0.25, 0.3) is 0 Å². The van der Waals surface area contributed by atoms with Crippen molar-refractivity contribution in [1.29, 1.82) is 0 Å². The van der Waals surface area contributed by atoms with Crippen molar-refractivity contribution in [3.63, 3.8) is 0 Å². The first-order chi connectivity index (χ1) is 13.0. The van der Waals surface area contributed by atoms with E-state index >= 15 is 0 Å². The van der Waals surface area contributed by atoms with E-state index in [9.17, 15) is 0 Å². The first-order valence-corrected chi connectivity index (χ1v) is 10.1. The summed E-state index contributed by atoms with van der Waals surface area (Å²) in [6, 6.07) is 2.21. The van der Waals surface area contributed by atoms with Gasteiger partial charge in [0.05, 0.1) is 6.54 Å². The number of anilines is 1. The van der Waals surface area contributed by atoms with Crippen LogP contribution in [0.1, 0.15) is 69.8 Å². The van der Waals surface area contributed by atoms with Crippen LogP contribution in [0.15, 0.2) is 16.9 Å². The summed E-state index contributed by atoms with van der Waals surface area (Å²) in [6.07, 6.45) is 6.50. The maximum Gasteiger partial charge on any atom is 0.232 e. The van der Waals surface area contributed by atoms with Crippen molar-refractivity contribution < 1.29 is 4.52 Å². The van der Waals surface area contributed by atoms with Crippen LogP contribution in [0.2, 0.25) is 0 Å². The quantitative estimate of drug-likeness (QED) is 0.819. The zero-order chi connectivity index (χ0) is 18.9. The van der Waals surface area contributed by atoms with Gasteiger partial charge in [0.15, 0.2) is 5.82 Å². The summed E-state index contributed by atoms with van der Waals surface area (Å²) >= 11 is 0. The molecule has 2 aromatic rings. The van der Waals surface area contributed by atoms with Crippen LogP contribution in [-0.4, -0.2) is 51.2 Å². The molecule has 4 heterocycles. The summed E-state index contributed by atoms with van der Waals surface area (Å²) in [7, 11) is 0. The lowest BCUT2D eigenvalue weighted by Gasteiger charge is -2.31. The van der Waals surface area contributed by atoms with Crippen LogP contribution in [-0.2, 0) is 12.0 Å². The Balaban J connectivity index is 1.34. The summed E-state index contributed by atoms with van der Waals surface area (Å²) in [6.45, 7) is 11.3. The van der Waals surface area contributed by atoms with Crippen molar-refractivity contribution in [2.45, 2.75) is 64.3 Å². The van der Waals surface area contributed by atoms with Gasteiger partial charge in [0.25, 0.3) is 0 Å². The van der Waals surface area contributed by atoms with Crippen molar-refractivity contribution in [1.82, 2.24) is 25.0 Å². The Hall–Kier alpha value is -2.02. The lowest BCUT2D eigenvalue weighted by atomic mass is 9.93. The van der Waals surface area contributed by atoms with Crippen LogP contribution in [0.5, 0.6) is 0 Å². The van der Waals surface area contributed by atoms with Crippen molar-refractivity contribution in [2.75, 3.05) is 31.1 Å². The normalized spacial score (nSPS) is 19.7. The second kappa shape index (κ2) is 7.54. The van der Waals surface area contributed by atoms with E-state index in [0.717, 1.165) is 57.2 Å². The molecule has 7 nitrogen and oxygen atoms in total. The van der Waals surface area contributed by atoms with Gasteiger partial charge >= 0.3 is 0 Å². The number of hydrogen-bond acceptors (Lipinski definition) is 7. The molecule has 0 amide bonds. The van der Waals surface area contributed by atoms with E-state index in [2.05, 4.69) is 56.7 Å². The topological polar surface area (TPSA) is 71.2 Å². The smallest absolute Gasteiger partial charge is 0.232 e. The first kappa shape index (κ1) is 18.3. The molecule has 0 radical (unpaired) electrons. The highest BCUT2D eigenvalue weighted by Gasteiger charge is 2.26. The summed E-state index contributed by atoms with van der Waals surface area (Å²) < 4.78 is 5.41. The average Bonchev–Trinajstić information content (AvgIpc) is 3.34. The highest BCUT2D eigenvalue weighted by atomic mass is 16.5. The molecule has 2 saturated heterocycles. The maximum atomic E-state index is 5.41. The van der Waals surface area contributed by atoms with Crippen LogP contribution < -0.4 is 4.90 Å². The van der Waals surface area contributed by atoms with Crippen LogP contribution in [0.4, 0.5) is 5.82 Å². The van der Waals surface area contributed by atoms with Crippen LogP contribution in [0, 0.1) is 0 Å². The van der Waals surface area contributed by atoms with E-state index in [1.807, 2.05) is 0 Å². The summed E-state index contributed by atoms with van der Waals surface area (Å²) in [5.41, 5.74) is 1.10. The minimum atomic E-state index is -0.0989. The predicted octanol–water partition coefficient (Wildman–Crippen LogP) is 3.14. The predicted molar refractivity (Wildman–Crippen MR) is 104 cm³/mol. The fraction of sp³-hybridized carbons (Fsp3) is 0.700. The monoisotopic (exact) mass is 370 g/mol. The summed E-state index contributed by atoms with van der Waals surface area (Å²) in [5, 5.41) is 4.16. The molecule has 0 N–H and O–H groups in total. The van der Waals surface area contributed by atoms with Gasteiger partial charge < -0.3 is 9.42 Å². The lowest BCUT2D eigenvalue weighted by Crippen LogP contribution is -2.33. The van der Waals surface area contributed by atoms with Crippen molar-refractivity contribution in [3.8, 4) is 0 Å². The van der Waals surface area contributed by atoms with Crippen molar-refractivity contribution >= 4 is 5.82 Å². The molecule has 2 aliphatic rings. The summed E-state index contributed by atoms with van der Waals surface area (Å²) in [5.74, 6) is 3.11. The van der Waals surface area contributed by atoms with Gasteiger partial charge in [-0.1, -0.05) is 25.9 Å². The lowest BCUT2D eigenvalue weighted by molar-refractivity contribution is 0.196. The second-order valence-electron chi connectivity index (χ2n) is 8.81. The Bertz CT molecular complexity index is 754. The fourth-order valence-electron chi connectivity index (χ4n) is 3.91. The van der Waals surface area contributed by atoms with Gasteiger partial charge in [-0.15, -0.1) is 0 Å². The number of nitrogens with zero attached hydrogens (tertiary/aromatic N) is 6. The third-order valence-corrected chi connectivity index (χ3v) is 5.58. The molecule has 0 aliphatic carbocycles. The number of aromatic nitrogens is 4. The van der Waals surface area contributed by atoms with Crippen molar-refractivity contribution in [2.24, 2.45) is 0 Å². The molecule has 0 unspecified atom stereocenters. The highest BCUT2D eigenvalue weighted by molar-refractivity contribution is 5.40. The number of piperidine rings is 1. The molecule has 0 atom stereocenters. The SMILES string of the molecule is CC(C)(C)c1nc(CN2CCC(c3cc(N4CCCC4)ncn3)CC2)no1. The number of likely N-dealkylation sites (tertiary alicyclic amines) is 1. The molecule has 4 rings (SSSR count). The van der Waals surface area contributed by atoms with E-state index < -0.39 is 0 Å². The van der Waals surface area contributed by atoms with Gasteiger partial charge in [-0.05, 0) is 38.8 Å². The molecule has 2 aromatic heterocycles.